The zero-order valence-corrected chi connectivity index (χ0v) is 17.5. The predicted molar refractivity (Wildman–Crippen MR) is 114 cm³/mol. The minimum Gasteiger partial charge on any atom is -0.393 e. The molecular weight excluding hydrogens is 388 g/mol. The Bertz CT molecular complexity index is 733. The number of allylic oxidation sites excluding steroid dienone is 3. The summed E-state index contributed by atoms with van der Waals surface area (Å²) >= 11 is 0. The van der Waals surface area contributed by atoms with Crippen LogP contribution >= 0.6 is 0 Å². The Balaban J connectivity index is 1.98. The van der Waals surface area contributed by atoms with E-state index in [1.165, 1.54) is 0 Å². The number of primary amides is 1. The monoisotopic (exact) mass is 421 g/mol. The van der Waals surface area contributed by atoms with E-state index in [0.717, 1.165) is 11.6 Å². The van der Waals surface area contributed by atoms with Gasteiger partial charge in [-0.25, -0.2) is 8.78 Å². The highest BCUT2D eigenvalue weighted by Crippen LogP contribution is 2.41. The number of carbonyl (C=O) groups excluding carboxylic acids is 1. The summed E-state index contributed by atoms with van der Waals surface area (Å²) in [6.45, 7) is 1.62. The third-order valence-corrected chi connectivity index (χ3v) is 5.78. The highest BCUT2D eigenvalue weighted by molar-refractivity contribution is 5.73. The van der Waals surface area contributed by atoms with Crippen molar-refractivity contribution in [2.75, 3.05) is 0 Å². The maximum atomic E-state index is 14.5. The molecule has 0 bridgehead atoms. The molecule has 30 heavy (non-hydrogen) atoms. The molecule has 1 aromatic rings. The molecule has 0 radical (unpaired) electrons. The maximum absolute atomic E-state index is 14.5. The van der Waals surface area contributed by atoms with Gasteiger partial charge in [-0.15, -0.1) is 0 Å². The zero-order chi connectivity index (χ0) is 22.1. The van der Waals surface area contributed by atoms with Crippen molar-refractivity contribution in [1.82, 2.24) is 0 Å². The molecule has 4 N–H and O–H groups in total. The second kappa shape index (κ2) is 11.4. The van der Waals surface area contributed by atoms with Crippen LogP contribution < -0.4 is 5.73 Å². The molecule has 6 heteroatoms. The van der Waals surface area contributed by atoms with Crippen LogP contribution in [0.3, 0.4) is 0 Å². The SMILES string of the molecule is CC(=CC(F)(F)CCc1ccccc1)C1C(O)CC(O)C1CC=CCCCC(N)=O. The molecule has 4 nitrogen and oxygen atoms in total. The molecule has 0 heterocycles. The molecule has 1 fully saturated rings. The molecule has 1 aliphatic rings. The van der Waals surface area contributed by atoms with Gasteiger partial charge in [-0.3, -0.25) is 4.79 Å². The fourth-order valence-electron chi connectivity index (χ4n) is 4.26. The number of alkyl halides is 2. The predicted octanol–water partition coefficient (Wildman–Crippen LogP) is 4.16. The van der Waals surface area contributed by atoms with Crippen LogP contribution in [0.4, 0.5) is 8.78 Å². The van der Waals surface area contributed by atoms with Crippen LogP contribution in [0.2, 0.25) is 0 Å². The Hall–Kier alpha value is -2.05. The quantitative estimate of drug-likeness (QED) is 0.371. The van der Waals surface area contributed by atoms with Crippen LogP contribution in [-0.4, -0.2) is 34.3 Å². The number of rotatable bonds is 11. The van der Waals surface area contributed by atoms with Gasteiger partial charge in [0, 0.05) is 25.2 Å². The normalized spacial score (nSPS) is 25.2. The first-order chi connectivity index (χ1) is 14.2. The lowest BCUT2D eigenvalue weighted by Gasteiger charge is -2.25. The number of aliphatic hydroxyl groups excluding tert-OH is 2. The number of amides is 1. The van der Waals surface area contributed by atoms with Gasteiger partial charge in [0.15, 0.2) is 0 Å². The van der Waals surface area contributed by atoms with E-state index in [1.54, 1.807) is 6.92 Å². The summed E-state index contributed by atoms with van der Waals surface area (Å²) in [5.41, 5.74) is 6.39. The summed E-state index contributed by atoms with van der Waals surface area (Å²) in [7, 11) is 0. The summed E-state index contributed by atoms with van der Waals surface area (Å²) < 4.78 is 29.1. The molecule has 1 aliphatic carbocycles. The van der Waals surface area contributed by atoms with Crippen molar-refractivity contribution >= 4 is 5.91 Å². The van der Waals surface area contributed by atoms with Crippen molar-refractivity contribution in [3.05, 3.63) is 59.7 Å². The van der Waals surface area contributed by atoms with Crippen molar-refractivity contribution in [2.24, 2.45) is 17.6 Å². The van der Waals surface area contributed by atoms with Gasteiger partial charge in [0.05, 0.1) is 12.2 Å². The van der Waals surface area contributed by atoms with Crippen LogP contribution in [0.15, 0.2) is 54.1 Å². The van der Waals surface area contributed by atoms with Gasteiger partial charge >= 0.3 is 0 Å². The molecule has 1 aromatic carbocycles. The topological polar surface area (TPSA) is 83.6 Å². The van der Waals surface area contributed by atoms with E-state index >= 15 is 0 Å². The van der Waals surface area contributed by atoms with Crippen LogP contribution in [-0.2, 0) is 11.2 Å². The number of benzene rings is 1. The standard InChI is InChI=1S/C24H33F2NO3/c1-17(16-24(25,26)14-13-18-9-5-4-6-10-18)23-19(20(28)15-21(23)29)11-7-2-3-8-12-22(27)30/h2,4-7,9-10,16,19-21,23,28-29H,3,8,11-15H2,1H3,(H2,27,30). The van der Waals surface area contributed by atoms with Gasteiger partial charge in [-0.1, -0.05) is 48.1 Å². The van der Waals surface area contributed by atoms with E-state index in [1.807, 2.05) is 42.5 Å². The molecule has 1 amide bonds. The smallest absolute Gasteiger partial charge is 0.267 e. The van der Waals surface area contributed by atoms with Gasteiger partial charge in [0.25, 0.3) is 5.92 Å². The lowest BCUT2D eigenvalue weighted by Crippen LogP contribution is -2.25. The molecule has 4 atom stereocenters. The van der Waals surface area contributed by atoms with E-state index < -0.39 is 24.0 Å². The number of hydrogen-bond acceptors (Lipinski definition) is 3. The molecular formula is C24H33F2NO3. The average Bonchev–Trinajstić information content (AvgIpc) is 2.96. The minimum absolute atomic E-state index is 0.186. The number of carbonyl (C=O) groups is 1. The highest BCUT2D eigenvalue weighted by atomic mass is 19.3. The van der Waals surface area contributed by atoms with Crippen molar-refractivity contribution in [3.8, 4) is 0 Å². The Kier molecular flexibility index (Phi) is 9.18. The van der Waals surface area contributed by atoms with Gasteiger partial charge in [-0.05, 0) is 50.2 Å². The third kappa shape index (κ3) is 7.65. The number of unbranched alkanes of at least 4 members (excludes halogenated alkanes) is 1. The number of aryl methyl sites for hydroxylation is 1. The molecule has 2 rings (SSSR count). The number of halogens is 2. The summed E-state index contributed by atoms with van der Waals surface area (Å²) in [4.78, 5) is 10.7. The molecule has 0 spiro atoms. The minimum atomic E-state index is -2.98. The average molecular weight is 422 g/mol. The fraction of sp³-hybridized carbons (Fsp3) is 0.542. The lowest BCUT2D eigenvalue weighted by molar-refractivity contribution is -0.118. The van der Waals surface area contributed by atoms with Crippen molar-refractivity contribution in [2.45, 2.75) is 70.0 Å². The van der Waals surface area contributed by atoms with E-state index in [0.29, 0.717) is 31.3 Å². The molecule has 166 valence electrons. The fourth-order valence-corrected chi connectivity index (χ4v) is 4.26. The number of aliphatic hydroxyl groups is 2. The molecule has 0 saturated heterocycles. The van der Waals surface area contributed by atoms with Crippen molar-refractivity contribution in [3.63, 3.8) is 0 Å². The largest absolute Gasteiger partial charge is 0.393 e. The zero-order valence-electron chi connectivity index (χ0n) is 17.5. The van der Waals surface area contributed by atoms with E-state index in [9.17, 15) is 23.8 Å². The second-order valence-electron chi connectivity index (χ2n) is 8.26. The van der Waals surface area contributed by atoms with Crippen LogP contribution in [0.25, 0.3) is 0 Å². The summed E-state index contributed by atoms with van der Waals surface area (Å²) in [6.07, 6.45) is 5.48. The molecule has 0 aliphatic heterocycles. The van der Waals surface area contributed by atoms with Gasteiger partial charge < -0.3 is 15.9 Å². The van der Waals surface area contributed by atoms with Crippen LogP contribution in [0.5, 0.6) is 0 Å². The van der Waals surface area contributed by atoms with Gasteiger partial charge in [0.1, 0.15) is 0 Å². The summed E-state index contributed by atoms with van der Waals surface area (Å²) in [5, 5.41) is 20.7. The van der Waals surface area contributed by atoms with E-state index in [-0.39, 0.29) is 31.1 Å². The number of nitrogens with two attached hydrogens (primary N) is 1. The van der Waals surface area contributed by atoms with Gasteiger partial charge in [-0.2, -0.15) is 0 Å². The van der Waals surface area contributed by atoms with E-state index in [2.05, 4.69) is 0 Å². The summed E-state index contributed by atoms with van der Waals surface area (Å²) in [5.74, 6) is -4.14. The first kappa shape index (κ1) is 24.2. The van der Waals surface area contributed by atoms with Crippen LogP contribution in [0, 0.1) is 11.8 Å². The van der Waals surface area contributed by atoms with Crippen molar-refractivity contribution < 1.29 is 23.8 Å². The Morgan fingerprint density at radius 1 is 1.20 bits per heavy atom. The number of hydrogen-bond donors (Lipinski definition) is 3. The second-order valence-corrected chi connectivity index (χ2v) is 8.26. The summed E-state index contributed by atoms with van der Waals surface area (Å²) in [6, 6.07) is 9.17. The first-order valence-electron chi connectivity index (χ1n) is 10.6. The van der Waals surface area contributed by atoms with Crippen LogP contribution in [0.1, 0.15) is 51.0 Å². The molecule has 1 saturated carbocycles. The highest BCUT2D eigenvalue weighted by Gasteiger charge is 2.42. The lowest BCUT2D eigenvalue weighted by atomic mass is 9.84. The maximum Gasteiger partial charge on any atom is 0.267 e. The van der Waals surface area contributed by atoms with Gasteiger partial charge in [0.2, 0.25) is 5.91 Å². The van der Waals surface area contributed by atoms with Crippen molar-refractivity contribution in [1.29, 1.82) is 0 Å². The molecule has 0 aromatic heterocycles. The molecule has 4 unspecified atom stereocenters. The Morgan fingerprint density at radius 3 is 2.57 bits per heavy atom. The van der Waals surface area contributed by atoms with E-state index in [4.69, 9.17) is 5.73 Å². The first-order valence-corrected chi connectivity index (χ1v) is 10.6. The Morgan fingerprint density at radius 2 is 1.90 bits per heavy atom. The third-order valence-electron chi connectivity index (χ3n) is 5.78. The Labute approximate surface area is 177 Å².